The first-order chi connectivity index (χ1) is 18.4. The number of amides is 1. The molecule has 4 nitrogen and oxygen atoms in total. The van der Waals surface area contributed by atoms with Gasteiger partial charge < -0.3 is 9.88 Å². The molecule has 5 aromatic rings. The lowest BCUT2D eigenvalue weighted by atomic mass is 10.0. The van der Waals surface area contributed by atoms with Crippen LogP contribution in [0.15, 0.2) is 95.5 Å². The van der Waals surface area contributed by atoms with Crippen LogP contribution in [-0.2, 0) is 6.54 Å². The molecule has 5 rings (SSSR count). The molecule has 0 bridgehead atoms. The van der Waals surface area contributed by atoms with Crippen LogP contribution in [0.2, 0.25) is 0 Å². The molecule has 1 aromatic heterocycles. The third-order valence-corrected chi connectivity index (χ3v) is 7.72. The van der Waals surface area contributed by atoms with E-state index in [4.69, 9.17) is 6.57 Å². The summed E-state index contributed by atoms with van der Waals surface area (Å²) in [6.45, 7) is 14.4. The molecule has 5 heteroatoms. The van der Waals surface area contributed by atoms with E-state index < -0.39 is 0 Å². The number of benzene rings is 4. The molecule has 0 spiro atoms. The predicted molar refractivity (Wildman–Crippen MR) is 159 cm³/mol. The molecule has 0 unspecified atom stereocenters. The third-order valence-electron chi connectivity index (χ3n) is 7.23. The Kier molecular flexibility index (Phi) is 7.18. The number of nitrogens with zero attached hydrogens (tertiary/aromatic N) is 2. The van der Waals surface area contributed by atoms with Crippen molar-refractivity contribution in [3.63, 3.8) is 0 Å². The van der Waals surface area contributed by atoms with Gasteiger partial charge in [-0.2, -0.15) is 0 Å². The lowest BCUT2D eigenvalue weighted by Gasteiger charge is -2.15. The Hall–Kier alpha value is -4.14. The zero-order chi connectivity index (χ0) is 26.8. The molecule has 0 saturated heterocycles. The fraction of sp³-hybridized carbons (Fsp3) is 0.152. The average Bonchev–Trinajstić information content (AvgIpc) is 3.17. The summed E-state index contributed by atoms with van der Waals surface area (Å²) in [5, 5.41) is 4.22. The predicted octanol–water partition coefficient (Wildman–Crippen LogP) is 8.78. The first-order valence-electron chi connectivity index (χ1n) is 12.6. The van der Waals surface area contributed by atoms with Gasteiger partial charge in [-0.25, -0.2) is 4.85 Å². The van der Waals surface area contributed by atoms with Crippen molar-refractivity contribution in [3.05, 3.63) is 135 Å². The van der Waals surface area contributed by atoms with Crippen molar-refractivity contribution in [3.8, 4) is 11.1 Å². The minimum atomic E-state index is -0.104. The number of aryl methyl sites for hydroxylation is 1. The number of nitrogens with one attached hydrogen (secondary N) is 1. The van der Waals surface area contributed by atoms with Crippen LogP contribution in [0, 0.1) is 20.4 Å². The van der Waals surface area contributed by atoms with Crippen LogP contribution in [0.5, 0.6) is 0 Å². The molecule has 0 fully saturated rings. The molecule has 188 valence electrons. The summed E-state index contributed by atoms with van der Waals surface area (Å²) in [6.07, 6.45) is 0. The Morgan fingerprint density at radius 1 is 0.974 bits per heavy atom. The number of hydrogen-bond donors (Lipinski definition) is 1. The summed E-state index contributed by atoms with van der Waals surface area (Å²) in [4.78, 5) is 16.8. The fourth-order valence-corrected chi connectivity index (χ4v) is 5.34. The normalized spacial score (nSPS) is 11.8. The van der Waals surface area contributed by atoms with E-state index in [0.29, 0.717) is 11.3 Å². The van der Waals surface area contributed by atoms with E-state index in [2.05, 4.69) is 68.8 Å². The second-order valence-corrected chi connectivity index (χ2v) is 10.5. The fourth-order valence-electron chi connectivity index (χ4n) is 4.92. The monoisotopic (exact) mass is 561 g/mol. The van der Waals surface area contributed by atoms with Crippen LogP contribution in [-0.4, -0.2) is 10.5 Å². The minimum absolute atomic E-state index is 0.0838. The van der Waals surface area contributed by atoms with Crippen molar-refractivity contribution >= 4 is 38.4 Å². The molecule has 38 heavy (non-hydrogen) atoms. The molecule has 1 amide bonds. The molecule has 0 saturated carbocycles. The van der Waals surface area contributed by atoms with Gasteiger partial charge in [-0.3, -0.25) is 4.79 Å². The van der Waals surface area contributed by atoms with Crippen LogP contribution >= 0.6 is 15.9 Å². The zero-order valence-electron chi connectivity index (χ0n) is 21.6. The van der Waals surface area contributed by atoms with Crippen LogP contribution in [0.1, 0.15) is 45.7 Å². The number of carbonyl (C=O) groups is 1. The topological polar surface area (TPSA) is 38.4 Å². The van der Waals surface area contributed by atoms with Gasteiger partial charge in [0, 0.05) is 33.2 Å². The quantitative estimate of drug-likeness (QED) is 0.207. The Morgan fingerprint density at radius 2 is 1.74 bits per heavy atom. The number of aromatic nitrogens is 1. The van der Waals surface area contributed by atoms with Gasteiger partial charge in [-0.1, -0.05) is 76.6 Å². The smallest absolute Gasteiger partial charge is 0.251 e. The highest BCUT2D eigenvalue weighted by atomic mass is 79.9. The van der Waals surface area contributed by atoms with Gasteiger partial charge in [-0.05, 0) is 78.9 Å². The van der Waals surface area contributed by atoms with Crippen molar-refractivity contribution in [1.29, 1.82) is 0 Å². The summed E-state index contributed by atoms with van der Waals surface area (Å²) in [5.41, 5.74) is 9.01. The lowest BCUT2D eigenvalue weighted by Crippen LogP contribution is -2.26. The summed E-state index contributed by atoms with van der Waals surface area (Å²) in [5.74, 6) is -0.0838. The van der Waals surface area contributed by atoms with Gasteiger partial charge >= 0.3 is 0 Å². The first kappa shape index (κ1) is 25.5. The van der Waals surface area contributed by atoms with Crippen LogP contribution in [0.4, 0.5) is 5.69 Å². The minimum Gasteiger partial charge on any atom is -0.346 e. The van der Waals surface area contributed by atoms with Crippen molar-refractivity contribution < 1.29 is 4.79 Å². The van der Waals surface area contributed by atoms with Gasteiger partial charge in [0.1, 0.15) is 0 Å². The maximum absolute atomic E-state index is 13.1. The maximum Gasteiger partial charge on any atom is 0.251 e. The Bertz CT molecular complexity index is 1690. The zero-order valence-corrected chi connectivity index (χ0v) is 23.2. The Balaban J connectivity index is 1.39. The number of rotatable bonds is 6. The van der Waals surface area contributed by atoms with Crippen LogP contribution in [0.25, 0.3) is 26.9 Å². The first-order valence-corrected chi connectivity index (χ1v) is 13.4. The second kappa shape index (κ2) is 10.7. The second-order valence-electron chi connectivity index (χ2n) is 9.60. The van der Waals surface area contributed by atoms with Crippen molar-refractivity contribution in [2.24, 2.45) is 0 Å². The van der Waals surface area contributed by atoms with Crippen molar-refractivity contribution in [2.45, 2.75) is 33.4 Å². The molecule has 0 aliphatic rings. The van der Waals surface area contributed by atoms with Gasteiger partial charge in [0.05, 0.1) is 12.6 Å². The SMILES string of the molecule is [C-]#[N+]c1ccccc1-c1ccc(Cn2c(C)c(C)c3cc(C(=O)N[C@H](C)c4cccc(Br)c4)ccc32)cc1. The molecule has 0 aliphatic carbocycles. The number of carbonyl (C=O) groups excluding carboxylic acids is 1. The van der Waals surface area contributed by atoms with Crippen LogP contribution < -0.4 is 5.32 Å². The van der Waals surface area contributed by atoms with Crippen molar-refractivity contribution in [1.82, 2.24) is 9.88 Å². The summed E-state index contributed by atoms with van der Waals surface area (Å²) in [7, 11) is 0. The number of hydrogen-bond acceptors (Lipinski definition) is 1. The van der Waals surface area contributed by atoms with Gasteiger partial charge in [0.2, 0.25) is 0 Å². The number of halogens is 1. The lowest BCUT2D eigenvalue weighted by molar-refractivity contribution is 0.0940. The van der Waals surface area contributed by atoms with Crippen LogP contribution in [0.3, 0.4) is 0 Å². The highest BCUT2D eigenvalue weighted by Crippen LogP contribution is 2.31. The maximum atomic E-state index is 13.1. The summed E-state index contributed by atoms with van der Waals surface area (Å²) in [6, 6.07) is 30.0. The van der Waals surface area contributed by atoms with Gasteiger partial charge in [0.15, 0.2) is 5.69 Å². The van der Waals surface area contributed by atoms with Gasteiger partial charge in [-0.15, -0.1) is 0 Å². The average molecular weight is 563 g/mol. The Morgan fingerprint density at radius 3 is 2.47 bits per heavy atom. The molecular formula is C33H28BrN3O. The summed E-state index contributed by atoms with van der Waals surface area (Å²) < 4.78 is 3.30. The highest BCUT2D eigenvalue weighted by Gasteiger charge is 2.16. The molecule has 1 heterocycles. The van der Waals surface area contributed by atoms with Gasteiger partial charge in [0.25, 0.3) is 5.91 Å². The largest absolute Gasteiger partial charge is 0.346 e. The standard InChI is InChI=1S/C33H28BrN3O/c1-21-23(3)37(20-24-12-14-25(15-13-24)29-10-5-6-11-31(29)35-4)32-17-16-27(19-30(21)32)33(38)36-22(2)26-8-7-9-28(34)18-26/h5-19,22H,20H2,1-3H3,(H,36,38)/t22-/m1/s1. The number of para-hydroxylation sites is 1. The molecular weight excluding hydrogens is 534 g/mol. The van der Waals surface area contributed by atoms with Crippen molar-refractivity contribution in [2.75, 3.05) is 0 Å². The number of fused-ring (bicyclic) bond motifs is 1. The molecule has 1 atom stereocenters. The molecule has 4 aromatic carbocycles. The Labute approximate surface area is 231 Å². The summed E-state index contributed by atoms with van der Waals surface area (Å²) >= 11 is 3.50. The molecule has 1 N–H and O–H groups in total. The van der Waals surface area contributed by atoms with E-state index in [9.17, 15) is 4.79 Å². The van der Waals surface area contributed by atoms with E-state index in [0.717, 1.165) is 38.6 Å². The van der Waals surface area contributed by atoms with E-state index in [1.165, 1.54) is 16.8 Å². The third kappa shape index (κ3) is 5.01. The molecule has 0 aliphatic heterocycles. The highest BCUT2D eigenvalue weighted by molar-refractivity contribution is 9.10. The van der Waals surface area contributed by atoms with E-state index in [-0.39, 0.29) is 11.9 Å². The van der Waals surface area contributed by atoms with E-state index >= 15 is 0 Å². The molecule has 0 radical (unpaired) electrons. The van der Waals surface area contributed by atoms with E-state index in [1.807, 2.05) is 73.7 Å². The van der Waals surface area contributed by atoms with E-state index in [1.54, 1.807) is 0 Å².